The molecule has 1 aliphatic rings. The van der Waals surface area contributed by atoms with E-state index in [0.717, 1.165) is 11.8 Å². The van der Waals surface area contributed by atoms with Crippen molar-refractivity contribution < 1.29 is 4.84 Å². The summed E-state index contributed by atoms with van der Waals surface area (Å²) in [5, 5.41) is 0. The van der Waals surface area contributed by atoms with Gasteiger partial charge in [0.15, 0.2) is 0 Å². The van der Waals surface area contributed by atoms with Crippen LogP contribution in [-0.2, 0) is 4.84 Å². The van der Waals surface area contributed by atoms with Crippen molar-refractivity contribution in [2.24, 2.45) is 11.8 Å². The molecule has 1 rings (SSSR count). The fourth-order valence-electron chi connectivity index (χ4n) is 2.36. The number of nitrogens with one attached hydrogen (secondary N) is 1. The van der Waals surface area contributed by atoms with Crippen LogP contribution in [0.5, 0.6) is 0 Å². The van der Waals surface area contributed by atoms with Gasteiger partial charge in [0.25, 0.3) is 0 Å². The minimum atomic E-state index is -0.0843. The molecule has 1 aliphatic carbocycles. The Morgan fingerprint density at radius 3 is 2.27 bits per heavy atom. The standard InChI is InChI=1S/C13H27NO/c1-10(2)11-8-6-7-9-12(11)14-15-13(3,4)5/h10-12,14H,6-9H2,1-5H3. The van der Waals surface area contributed by atoms with Crippen LogP contribution < -0.4 is 5.48 Å². The molecular formula is C13H27NO. The molecule has 2 heteroatoms. The lowest BCUT2D eigenvalue weighted by molar-refractivity contribution is -0.104. The van der Waals surface area contributed by atoms with Crippen molar-refractivity contribution in [3.63, 3.8) is 0 Å². The molecule has 0 aliphatic heterocycles. The van der Waals surface area contributed by atoms with Crippen molar-refractivity contribution in [1.82, 2.24) is 5.48 Å². The van der Waals surface area contributed by atoms with E-state index in [1.165, 1.54) is 25.7 Å². The molecule has 0 bridgehead atoms. The number of hydroxylamine groups is 1. The van der Waals surface area contributed by atoms with Gasteiger partial charge in [-0.3, -0.25) is 4.84 Å². The highest BCUT2D eigenvalue weighted by Gasteiger charge is 2.28. The van der Waals surface area contributed by atoms with Crippen LogP contribution in [0, 0.1) is 11.8 Å². The Morgan fingerprint density at radius 1 is 1.13 bits per heavy atom. The molecule has 90 valence electrons. The highest BCUT2D eigenvalue weighted by molar-refractivity contribution is 4.81. The van der Waals surface area contributed by atoms with Gasteiger partial charge in [0.05, 0.1) is 5.60 Å². The number of rotatable bonds is 3. The predicted molar refractivity (Wildman–Crippen MR) is 64.6 cm³/mol. The van der Waals surface area contributed by atoms with Gasteiger partial charge < -0.3 is 0 Å². The van der Waals surface area contributed by atoms with Crippen LogP contribution in [0.15, 0.2) is 0 Å². The first-order valence-corrected chi connectivity index (χ1v) is 6.33. The summed E-state index contributed by atoms with van der Waals surface area (Å²) in [5.41, 5.74) is 3.21. The SMILES string of the molecule is CC(C)C1CCCCC1NOC(C)(C)C. The van der Waals surface area contributed by atoms with Gasteiger partial charge in [0.1, 0.15) is 0 Å². The maximum Gasteiger partial charge on any atom is 0.0813 e. The smallest absolute Gasteiger partial charge is 0.0813 e. The summed E-state index contributed by atoms with van der Waals surface area (Å²) in [7, 11) is 0. The zero-order valence-electron chi connectivity index (χ0n) is 11.0. The van der Waals surface area contributed by atoms with E-state index in [-0.39, 0.29) is 5.60 Å². The molecule has 0 aromatic rings. The van der Waals surface area contributed by atoms with Gasteiger partial charge in [0, 0.05) is 6.04 Å². The Labute approximate surface area is 94.7 Å². The van der Waals surface area contributed by atoms with Gasteiger partial charge >= 0.3 is 0 Å². The molecule has 0 amide bonds. The maximum atomic E-state index is 5.70. The van der Waals surface area contributed by atoms with Crippen LogP contribution in [0.2, 0.25) is 0 Å². The molecule has 15 heavy (non-hydrogen) atoms. The Kier molecular flexibility index (Phi) is 4.60. The zero-order valence-corrected chi connectivity index (χ0v) is 11.0. The molecule has 1 saturated carbocycles. The van der Waals surface area contributed by atoms with E-state index in [9.17, 15) is 0 Å². The summed E-state index contributed by atoms with van der Waals surface area (Å²) >= 11 is 0. The summed E-state index contributed by atoms with van der Waals surface area (Å²) in [6.45, 7) is 10.9. The first-order valence-electron chi connectivity index (χ1n) is 6.33. The van der Waals surface area contributed by atoms with E-state index in [2.05, 4.69) is 40.1 Å². The van der Waals surface area contributed by atoms with Crippen LogP contribution in [0.1, 0.15) is 60.3 Å². The summed E-state index contributed by atoms with van der Waals surface area (Å²) < 4.78 is 0. The molecular weight excluding hydrogens is 186 g/mol. The minimum absolute atomic E-state index is 0.0843. The third-order valence-electron chi connectivity index (χ3n) is 3.19. The summed E-state index contributed by atoms with van der Waals surface area (Å²) in [5.74, 6) is 1.53. The van der Waals surface area contributed by atoms with Gasteiger partial charge in [0.2, 0.25) is 0 Å². The number of hydrogen-bond donors (Lipinski definition) is 1. The van der Waals surface area contributed by atoms with Crippen LogP contribution in [-0.4, -0.2) is 11.6 Å². The lowest BCUT2D eigenvalue weighted by Gasteiger charge is -2.36. The van der Waals surface area contributed by atoms with Crippen molar-refractivity contribution >= 4 is 0 Å². The third kappa shape index (κ3) is 4.52. The van der Waals surface area contributed by atoms with Crippen molar-refractivity contribution in [3.05, 3.63) is 0 Å². The molecule has 2 unspecified atom stereocenters. The van der Waals surface area contributed by atoms with Crippen molar-refractivity contribution in [3.8, 4) is 0 Å². The molecule has 1 fully saturated rings. The topological polar surface area (TPSA) is 21.3 Å². The first kappa shape index (κ1) is 13.0. The van der Waals surface area contributed by atoms with Gasteiger partial charge in [-0.05, 0) is 45.4 Å². The predicted octanol–water partition coefficient (Wildman–Crippen LogP) is 3.52. The lowest BCUT2D eigenvalue weighted by atomic mass is 9.78. The van der Waals surface area contributed by atoms with Crippen LogP contribution in [0.4, 0.5) is 0 Å². The highest BCUT2D eigenvalue weighted by Crippen LogP contribution is 2.30. The molecule has 1 N–H and O–H groups in total. The molecule has 2 atom stereocenters. The number of hydrogen-bond acceptors (Lipinski definition) is 2. The first-order chi connectivity index (χ1) is 6.90. The molecule has 0 radical (unpaired) electrons. The van der Waals surface area contributed by atoms with Crippen molar-refractivity contribution in [2.75, 3.05) is 0 Å². The van der Waals surface area contributed by atoms with Crippen LogP contribution in [0.25, 0.3) is 0 Å². The van der Waals surface area contributed by atoms with E-state index in [1.807, 2.05) is 0 Å². The Bertz CT molecular complexity index is 183. The minimum Gasteiger partial charge on any atom is -0.296 e. The highest BCUT2D eigenvalue weighted by atomic mass is 16.7. The van der Waals surface area contributed by atoms with Gasteiger partial charge in [-0.15, -0.1) is 0 Å². The summed E-state index contributed by atoms with van der Waals surface area (Å²) in [6, 6.07) is 0.554. The van der Waals surface area contributed by atoms with E-state index >= 15 is 0 Å². The van der Waals surface area contributed by atoms with Crippen molar-refractivity contribution in [1.29, 1.82) is 0 Å². The Balaban J connectivity index is 2.43. The average molecular weight is 213 g/mol. The molecule has 2 nitrogen and oxygen atoms in total. The summed E-state index contributed by atoms with van der Waals surface area (Å²) in [6.07, 6.45) is 5.34. The second kappa shape index (κ2) is 5.31. The second-order valence-corrected chi connectivity index (χ2v) is 6.13. The second-order valence-electron chi connectivity index (χ2n) is 6.13. The van der Waals surface area contributed by atoms with E-state index in [1.54, 1.807) is 0 Å². The molecule has 0 heterocycles. The quantitative estimate of drug-likeness (QED) is 0.724. The Hall–Kier alpha value is -0.0800. The van der Waals surface area contributed by atoms with Gasteiger partial charge in [-0.1, -0.05) is 26.7 Å². The largest absolute Gasteiger partial charge is 0.296 e. The van der Waals surface area contributed by atoms with Crippen LogP contribution in [0.3, 0.4) is 0 Å². The van der Waals surface area contributed by atoms with Gasteiger partial charge in [-0.25, -0.2) is 0 Å². The van der Waals surface area contributed by atoms with E-state index in [0.29, 0.717) is 6.04 Å². The van der Waals surface area contributed by atoms with E-state index < -0.39 is 0 Å². The molecule has 0 saturated heterocycles. The Morgan fingerprint density at radius 2 is 1.73 bits per heavy atom. The van der Waals surface area contributed by atoms with E-state index in [4.69, 9.17) is 4.84 Å². The van der Waals surface area contributed by atoms with Crippen LogP contribution >= 0.6 is 0 Å². The maximum absolute atomic E-state index is 5.70. The zero-order chi connectivity index (χ0) is 11.5. The third-order valence-corrected chi connectivity index (χ3v) is 3.19. The molecule has 0 spiro atoms. The molecule has 0 aromatic carbocycles. The van der Waals surface area contributed by atoms with Crippen molar-refractivity contribution in [2.45, 2.75) is 71.9 Å². The molecule has 0 aromatic heterocycles. The monoisotopic (exact) mass is 213 g/mol. The fourth-order valence-corrected chi connectivity index (χ4v) is 2.36. The fraction of sp³-hybridized carbons (Fsp3) is 1.00. The average Bonchev–Trinajstić information content (AvgIpc) is 2.14. The lowest BCUT2D eigenvalue weighted by Crippen LogP contribution is -2.44. The van der Waals surface area contributed by atoms with Gasteiger partial charge in [-0.2, -0.15) is 5.48 Å². The summed E-state index contributed by atoms with van der Waals surface area (Å²) in [4.78, 5) is 5.70. The normalized spacial score (nSPS) is 28.4.